The fourth-order valence-corrected chi connectivity index (χ4v) is 3.52. The summed E-state index contributed by atoms with van der Waals surface area (Å²) < 4.78 is 8.81. The average Bonchev–Trinajstić information content (AvgIpc) is 2.78. The highest BCUT2D eigenvalue weighted by atomic mass is 16.5. The Hall–Kier alpha value is -1.31. The van der Waals surface area contributed by atoms with Crippen LogP contribution in [-0.2, 0) is 11.2 Å². The predicted octanol–water partition coefficient (Wildman–Crippen LogP) is 3.55. The number of hydrogen-bond acceptors (Lipinski definition) is 1. The largest absolute Gasteiger partial charge is 0.437 e. The Morgan fingerprint density at radius 3 is 2.58 bits per heavy atom. The molecule has 0 N–H and O–H groups in total. The molecule has 0 fully saturated rings. The minimum atomic E-state index is 0.342. The first kappa shape index (κ1) is 12.7. The lowest BCUT2D eigenvalue weighted by atomic mass is 9.85. The number of aryl methyl sites for hydroxylation is 1. The standard InChI is InChI=1S/C17H24NO/c1-11(2)17-18(12(3)4)16-14-8-6-5-7-13(14)9-10-15(16)19-17/h5-8,11-12,15-16H,9-10H2,1-4H3/q+1/t15-,16+/m1/s1. The van der Waals surface area contributed by atoms with Gasteiger partial charge < -0.3 is 4.74 Å². The summed E-state index contributed by atoms with van der Waals surface area (Å²) in [4.78, 5) is 0. The maximum Gasteiger partial charge on any atom is 0.340 e. The Morgan fingerprint density at radius 1 is 1.16 bits per heavy atom. The van der Waals surface area contributed by atoms with Gasteiger partial charge in [-0.2, -0.15) is 4.58 Å². The number of fused-ring (bicyclic) bond motifs is 3. The second-order valence-electron chi connectivity index (χ2n) is 6.33. The van der Waals surface area contributed by atoms with E-state index in [0.29, 0.717) is 24.1 Å². The van der Waals surface area contributed by atoms with E-state index in [1.54, 1.807) is 0 Å². The summed E-state index contributed by atoms with van der Waals surface area (Å²) in [6.45, 7) is 9.00. The Kier molecular flexibility index (Phi) is 3.12. The maximum atomic E-state index is 6.30. The van der Waals surface area contributed by atoms with Crippen molar-refractivity contribution in [2.24, 2.45) is 5.92 Å². The summed E-state index contributed by atoms with van der Waals surface area (Å²) >= 11 is 0. The molecule has 1 aliphatic carbocycles. The van der Waals surface area contributed by atoms with Crippen LogP contribution in [0.3, 0.4) is 0 Å². The molecule has 0 bridgehead atoms. The first-order valence-electron chi connectivity index (χ1n) is 7.49. The fourth-order valence-electron chi connectivity index (χ4n) is 3.52. The molecule has 0 aromatic heterocycles. The van der Waals surface area contributed by atoms with Gasteiger partial charge in [-0.3, -0.25) is 0 Å². The summed E-state index contributed by atoms with van der Waals surface area (Å²) in [6.07, 6.45) is 2.63. The van der Waals surface area contributed by atoms with Crippen LogP contribution in [0.15, 0.2) is 24.3 Å². The van der Waals surface area contributed by atoms with Gasteiger partial charge in [-0.05, 0) is 46.1 Å². The van der Waals surface area contributed by atoms with Gasteiger partial charge in [-0.15, -0.1) is 0 Å². The van der Waals surface area contributed by atoms with Crippen LogP contribution < -0.4 is 0 Å². The second kappa shape index (κ2) is 4.66. The summed E-state index contributed by atoms with van der Waals surface area (Å²) in [5, 5.41) is 0. The van der Waals surface area contributed by atoms with Crippen LogP contribution in [0.4, 0.5) is 0 Å². The van der Waals surface area contributed by atoms with Crippen molar-refractivity contribution in [3.05, 3.63) is 35.4 Å². The smallest absolute Gasteiger partial charge is 0.340 e. The van der Waals surface area contributed by atoms with Crippen LogP contribution in [0.25, 0.3) is 0 Å². The Labute approximate surface area is 116 Å². The zero-order valence-corrected chi connectivity index (χ0v) is 12.4. The van der Waals surface area contributed by atoms with Gasteiger partial charge in [0, 0.05) is 5.56 Å². The van der Waals surface area contributed by atoms with Crippen LogP contribution in [0.2, 0.25) is 0 Å². The molecule has 0 amide bonds. The van der Waals surface area contributed by atoms with Gasteiger partial charge in [0.2, 0.25) is 6.04 Å². The van der Waals surface area contributed by atoms with Crippen molar-refractivity contribution in [2.75, 3.05) is 0 Å². The molecule has 0 saturated heterocycles. The molecule has 2 aliphatic rings. The lowest BCUT2D eigenvalue weighted by molar-refractivity contribution is -0.597. The SMILES string of the molecule is CC(C)C1=[N+](C(C)C)[C@H]2c3ccccc3CC[C@H]2O1. The first-order valence-corrected chi connectivity index (χ1v) is 7.49. The Bertz CT molecular complexity index is 516. The van der Waals surface area contributed by atoms with Crippen molar-refractivity contribution < 1.29 is 9.31 Å². The predicted molar refractivity (Wildman–Crippen MR) is 77.6 cm³/mol. The zero-order valence-electron chi connectivity index (χ0n) is 12.4. The molecular formula is C17H24NO+. The summed E-state index contributed by atoms with van der Waals surface area (Å²) in [5.41, 5.74) is 2.98. The highest BCUT2D eigenvalue weighted by Crippen LogP contribution is 2.39. The summed E-state index contributed by atoms with van der Waals surface area (Å²) in [5.74, 6) is 1.64. The molecule has 1 heterocycles. The Morgan fingerprint density at radius 2 is 1.89 bits per heavy atom. The maximum absolute atomic E-state index is 6.30. The molecule has 2 heteroatoms. The second-order valence-corrected chi connectivity index (χ2v) is 6.33. The van der Waals surface area contributed by atoms with Gasteiger partial charge in [0.05, 0.1) is 5.92 Å². The number of hydrogen-bond donors (Lipinski definition) is 0. The summed E-state index contributed by atoms with van der Waals surface area (Å²) in [7, 11) is 0. The van der Waals surface area contributed by atoms with E-state index >= 15 is 0 Å². The highest BCUT2D eigenvalue weighted by molar-refractivity contribution is 5.74. The van der Waals surface area contributed by atoms with Crippen molar-refractivity contribution in [3.8, 4) is 0 Å². The van der Waals surface area contributed by atoms with Crippen molar-refractivity contribution in [1.29, 1.82) is 0 Å². The monoisotopic (exact) mass is 258 g/mol. The van der Waals surface area contributed by atoms with Gasteiger partial charge in [0.1, 0.15) is 0 Å². The number of rotatable bonds is 2. The molecule has 1 aliphatic heterocycles. The topological polar surface area (TPSA) is 12.2 Å². The molecular weight excluding hydrogens is 234 g/mol. The van der Waals surface area contributed by atoms with Crippen LogP contribution in [-0.4, -0.2) is 22.6 Å². The molecule has 19 heavy (non-hydrogen) atoms. The molecule has 0 radical (unpaired) electrons. The normalized spacial score (nSPS) is 25.6. The van der Waals surface area contributed by atoms with Crippen molar-refractivity contribution >= 4 is 5.90 Å². The van der Waals surface area contributed by atoms with Crippen molar-refractivity contribution in [1.82, 2.24) is 0 Å². The Balaban J connectivity index is 2.11. The third-order valence-corrected chi connectivity index (χ3v) is 4.30. The van der Waals surface area contributed by atoms with Gasteiger partial charge >= 0.3 is 5.90 Å². The van der Waals surface area contributed by atoms with Crippen molar-refractivity contribution in [3.63, 3.8) is 0 Å². The minimum Gasteiger partial charge on any atom is -0.437 e. The van der Waals surface area contributed by atoms with E-state index in [2.05, 4.69) is 56.5 Å². The van der Waals surface area contributed by atoms with Gasteiger partial charge in [0.15, 0.2) is 12.1 Å². The first-order chi connectivity index (χ1) is 9.09. The molecule has 0 unspecified atom stereocenters. The molecule has 1 aromatic carbocycles. The van der Waals surface area contributed by atoms with E-state index in [9.17, 15) is 0 Å². The summed E-state index contributed by atoms with van der Waals surface area (Å²) in [6, 6.07) is 9.78. The quantitative estimate of drug-likeness (QED) is 0.739. The van der Waals surface area contributed by atoms with E-state index in [1.807, 2.05) is 0 Å². The molecule has 2 nitrogen and oxygen atoms in total. The van der Waals surface area contributed by atoms with Crippen LogP contribution >= 0.6 is 0 Å². The van der Waals surface area contributed by atoms with E-state index < -0.39 is 0 Å². The van der Waals surface area contributed by atoms with E-state index in [0.717, 1.165) is 12.8 Å². The van der Waals surface area contributed by atoms with E-state index in [4.69, 9.17) is 4.74 Å². The number of nitrogens with zero attached hydrogens (tertiary/aromatic N) is 1. The van der Waals surface area contributed by atoms with E-state index in [-0.39, 0.29) is 0 Å². The molecule has 0 spiro atoms. The zero-order chi connectivity index (χ0) is 13.6. The molecule has 102 valence electrons. The average molecular weight is 258 g/mol. The van der Waals surface area contributed by atoms with Gasteiger partial charge in [-0.1, -0.05) is 24.3 Å². The molecule has 1 aromatic rings. The molecule has 3 rings (SSSR count). The molecule has 2 atom stereocenters. The van der Waals surface area contributed by atoms with Crippen LogP contribution in [0.1, 0.15) is 51.3 Å². The van der Waals surface area contributed by atoms with Crippen LogP contribution in [0.5, 0.6) is 0 Å². The lowest BCUT2D eigenvalue weighted by Crippen LogP contribution is -2.33. The third-order valence-electron chi connectivity index (χ3n) is 4.30. The van der Waals surface area contributed by atoms with Crippen LogP contribution in [0, 0.1) is 5.92 Å². The highest BCUT2D eigenvalue weighted by Gasteiger charge is 2.49. The number of ether oxygens (including phenoxy) is 1. The fraction of sp³-hybridized carbons (Fsp3) is 0.588. The van der Waals surface area contributed by atoms with Gasteiger partial charge in [-0.25, -0.2) is 0 Å². The number of benzene rings is 1. The minimum absolute atomic E-state index is 0.342. The lowest BCUT2D eigenvalue weighted by Gasteiger charge is -2.25. The van der Waals surface area contributed by atoms with Crippen molar-refractivity contribution in [2.45, 2.75) is 58.7 Å². The third kappa shape index (κ3) is 1.98. The van der Waals surface area contributed by atoms with E-state index in [1.165, 1.54) is 17.0 Å². The van der Waals surface area contributed by atoms with Gasteiger partial charge in [0.25, 0.3) is 0 Å². The molecule has 0 saturated carbocycles.